The lowest BCUT2D eigenvalue weighted by atomic mass is 10.00. The first-order chi connectivity index (χ1) is 15.5. The number of amides is 1. The number of aliphatic imine (C=N–C) groups is 2. The lowest BCUT2D eigenvalue weighted by Crippen LogP contribution is -2.33. The Hall–Kier alpha value is -3.70. The highest BCUT2D eigenvalue weighted by atomic mass is 35.5. The van der Waals surface area contributed by atoms with Crippen molar-refractivity contribution in [2.24, 2.45) is 9.98 Å². The summed E-state index contributed by atoms with van der Waals surface area (Å²) in [5.41, 5.74) is 5.75. The smallest absolute Gasteiger partial charge is 0.282 e. The molecule has 0 unspecified atom stereocenters. The van der Waals surface area contributed by atoms with Gasteiger partial charge in [-0.05, 0) is 42.0 Å². The van der Waals surface area contributed by atoms with Crippen molar-refractivity contribution in [1.29, 1.82) is 0 Å². The van der Waals surface area contributed by atoms with Gasteiger partial charge in [0.1, 0.15) is 11.5 Å². The maximum absolute atomic E-state index is 13.4. The second-order valence-corrected chi connectivity index (χ2v) is 8.31. The number of amidine groups is 1. The number of benzene rings is 3. The summed E-state index contributed by atoms with van der Waals surface area (Å²) in [5, 5.41) is 0.594. The molecule has 0 fully saturated rings. The van der Waals surface area contributed by atoms with Crippen LogP contribution in [-0.2, 0) is 4.79 Å². The molecule has 0 spiro atoms. The molecule has 0 radical (unpaired) electrons. The van der Waals surface area contributed by atoms with Crippen molar-refractivity contribution in [3.63, 3.8) is 0 Å². The molecule has 5 rings (SSSR count). The van der Waals surface area contributed by atoms with Gasteiger partial charge in [-0.2, -0.15) is 0 Å². The molecule has 3 aromatic carbocycles. The minimum absolute atomic E-state index is 0.162. The SMILES string of the molecule is CN(C)c1ccc(/C=C2/N=C3CN=C(c4ccccc4)c4cc(Cl)ccc4N3C2=O)cc1. The number of rotatable bonds is 3. The van der Waals surface area contributed by atoms with Crippen LogP contribution in [0.3, 0.4) is 0 Å². The Labute approximate surface area is 192 Å². The zero-order valence-electron chi connectivity index (χ0n) is 17.8. The van der Waals surface area contributed by atoms with Gasteiger partial charge in [0, 0.05) is 35.9 Å². The molecule has 0 N–H and O–H groups in total. The predicted octanol–water partition coefficient (Wildman–Crippen LogP) is 5.04. The molecule has 5 nitrogen and oxygen atoms in total. The summed E-state index contributed by atoms with van der Waals surface area (Å²) in [6.45, 7) is 0.305. The fourth-order valence-corrected chi connectivity index (χ4v) is 4.09. The zero-order valence-corrected chi connectivity index (χ0v) is 18.5. The Morgan fingerprint density at radius 2 is 1.75 bits per heavy atom. The van der Waals surface area contributed by atoms with Crippen molar-refractivity contribution in [3.05, 3.63) is 100 Å². The predicted molar refractivity (Wildman–Crippen MR) is 132 cm³/mol. The maximum atomic E-state index is 13.4. The number of carbonyl (C=O) groups is 1. The third-order valence-electron chi connectivity index (χ3n) is 5.52. The lowest BCUT2D eigenvalue weighted by Gasteiger charge is -2.19. The van der Waals surface area contributed by atoms with Crippen LogP contribution in [-0.4, -0.2) is 38.1 Å². The molecule has 158 valence electrons. The number of nitrogens with zero attached hydrogens (tertiary/aromatic N) is 4. The van der Waals surface area contributed by atoms with Gasteiger partial charge in [0.2, 0.25) is 0 Å². The molecule has 0 atom stereocenters. The molecule has 0 aromatic heterocycles. The van der Waals surface area contributed by atoms with Gasteiger partial charge in [0.25, 0.3) is 5.91 Å². The van der Waals surface area contributed by atoms with Crippen LogP contribution in [0.1, 0.15) is 16.7 Å². The Morgan fingerprint density at radius 3 is 2.47 bits per heavy atom. The Balaban J connectivity index is 1.58. The summed E-state index contributed by atoms with van der Waals surface area (Å²) >= 11 is 6.33. The molecule has 2 aliphatic heterocycles. The van der Waals surface area contributed by atoms with Gasteiger partial charge in [-0.3, -0.25) is 14.7 Å². The van der Waals surface area contributed by atoms with E-state index in [2.05, 4.69) is 4.99 Å². The quantitative estimate of drug-likeness (QED) is 0.535. The van der Waals surface area contributed by atoms with Crippen LogP contribution in [0.4, 0.5) is 11.4 Å². The molecule has 0 aliphatic carbocycles. The lowest BCUT2D eigenvalue weighted by molar-refractivity contribution is -0.113. The van der Waals surface area contributed by atoms with E-state index in [0.29, 0.717) is 23.1 Å². The molecule has 3 aromatic rings. The van der Waals surface area contributed by atoms with Gasteiger partial charge in [-0.1, -0.05) is 54.1 Å². The van der Waals surface area contributed by atoms with E-state index < -0.39 is 0 Å². The van der Waals surface area contributed by atoms with Gasteiger partial charge < -0.3 is 4.90 Å². The van der Waals surface area contributed by atoms with Crippen molar-refractivity contribution in [2.75, 3.05) is 30.4 Å². The number of carbonyl (C=O) groups excluding carboxylic acids is 1. The summed E-state index contributed by atoms with van der Waals surface area (Å²) in [5.74, 6) is 0.449. The topological polar surface area (TPSA) is 48.3 Å². The van der Waals surface area contributed by atoms with Crippen molar-refractivity contribution in [2.45, 2.75) is 0 Å². The minimum atomic E-state index is -0.162. The average Bonchev–Trinajstić information content (AvgIpc) is 3.00. The zero-order chi connectivity index (χ0) is 22.2. The monoisotopic (exact) mass is 440 g/mol. The van der Waals surface area contributed by atoms with Gasteiger partial charge in [0.05, 0.1) is 17.9 Å². The normalized spacial score (nSPS) is 16.3. The van der Waals surface area contributed by atoms with Gasteiger partial charge in [-0.15, -0.1) is 0 Å². The average molecular weight is 441 g/mol. The molecule has 2 heterocycles. The number of hydrogen-bond acceptors (Lipinski definition) is 4. The number of hydrogen-bond donors (Lipinski definition) is 0. The van der Waals surface area contributed by atoms with Gasteiger partial charge in [0.15, 0.2) is 0 Å². The molecule has 32 heavy (non-hydrogen) atoms. The van der Waals surface area contributed by atoms with Gasteiger partial charge in [-0.25, -0.2) is 4.99 Å². The maximum Gasteiger partial charge on any atom is 0.282 e. The van der Waals surface area contributed by atoms with Gasteiger partial charge >= 0.3 is 0 Å². The summed E-state index contributed by atoms with van der Waals surface area (Å²) in [4.78, 5) is 26.6. The molecule has 6 heteroatoms. The molecule has 0 saturated carbocycles. The fraction of sp³-hybridized carbons (Fsp3) is 0.115. The van der Waals surface area contributed by atoms with Crippen molar-refractivity contribution >= 4 is 46.5 Å². The van der Waals surface area contributed by atoms with E-state index in [1.807, 2.05) is 91.8 Å². The van der Waals surface area contributed by atoms with Crippen molar-refractivity contribution in [1.82, 2.24) is 0 Å². The Kier molecular flexibility index (Phi) is 5.11. The fourth-order valence-electron chi connectivity index (χ4n) is 3.91. The van der Waals surface area contributed by atoms with E-state index in [-0.39, 0.29) is 5.91 Å². The molecule has 2 aliphatic rings. The minimum Gasteiger partial charge on any atom is -0.378 e. The van der Waals surface area contributed by atoms with Crippen molar-refractivity contribution in [3.8, 4) is 0 Å². The molecular weight excluding hydrogens is 420 g/mol. The molecule has 1 amide bonds. The van der Waals surface area contributed by atoms with Crippen LogP contribution in [0.5, 0.6) is 0 Å². The highest BCUT2D eigenvalue weighted by molar-refractivity contribution is 6.35. The van der Waals surface area contributed by atoms with Crippen molar-refractivity contribution < 1.29 is 4.79 Å². The number of anilines is 2. The van der Waals surface area contributed by atoms with Crippen LogP contribution >= 0.6 is 11.6 Å². The summed E-state index contributed by atoms with van der Waals surface area (Å²) < 4.78 is 0. The summed E-state index contributed by atoms with van der Waals surface area (Å²) in [7, 11) is 3.99. The van der Waals surface area contributed by atoms with Crippen LogP contribution in [0, 0.1) is 0 Å². The van der Waals surface area contributed by atoms with E-state index in [1.54, 1.807) is 11.0 Å². The highest BCUT2D eigenvalue weighted by Crippen LogP contribution is 2.34. The van der Waals surface area contributed by atoms with E-state index in [4.69, 9.17) is 16.6 Å². The first kappa shape index (κ1) is 20.2. The Bertz CT molecular complexity index is 1290. The molecule has 0 bridgehead atoms. The number of halogens is 1. The Morgan fingerprint density at radius 1 is 1.00 bits per heavy atom. The van der Waals surface area contributed by atoms with Crippen LogP contribution < -0.4 is 9.80 Å². The molecule has 0 saturated heterocycles. The largest absolute Gasteiger partial charge is 0.378 e. The van der Waals surface area contributed by atoms with Crippen LogP contribution in [0.2, 0.25) is 5.02 Å². The standard InChI is InChI=1S/C26H21ClN4O/c1-30(2)20-11-8-17(9-12-20)14-22-26(32)31-23-13-10-19(27)15-21(23)25(28-16-24(31)29-22)18-6-4-3-5-7-18/h3-15H,16H2,1-2H3/b22-14+. The second-order valence-electron chi connectivity index (χ2n) is 7.88. The number of fused-ring (bicyclic) bond motifs is 3. The van der Waals surface area contributed by atoms with E-state index in [9.17, 15) is 4.79 Å². The first-order valence-electron chi connectivity index (χ1n) is 10.3. The second kappa shape index (κ2) is 8.09. The van der Waals surface area contributed by atoms with Crippen LogP contribution in [0.15, 0.2) is 88.5 Å². The van der Waals surface area contributed by atoms with E-state index in [0.717, 1.165) is 33.8 Å². The molecular formula is C26H21ClN4O. The van der Waals surface area contributed by atoms with E-state index in [1.165, 1.54) is 0 Å². The highest BCUT2D eigenvalue weighted by Gasteiger charge is 2.35. The van der Waals surface area contributed by atoms with Crippen LogP contribution in [0.25, 0.3) is 6.08 Å². The van der Waals surface area contributed by atoms with E-state index >= 15 is 0 Å². The first-order valence-corrected chi connectivity index (χ1v) is 10.7. The third-order valence-corrected chi connectivity index (χ3v) is 5.76. The summed E-state index contributed by atoms with van der Waals surface area (Å²) in [6.07, 6.45) is 1.82. The summed E-state index contributed by atoms with van der Waals surface area (Å²) in [6, 6.07) is 23.4. The third kappa shape index (κ3) is 3.61.